The van der Waals surface area contributed by atoms with Crippen molar-refractivity contribution in [3.63, 3.8) is 0 Å². The van der Waals surface area contributed by atoms with Gasteiger partial charge in [0.2, 0.25) is 5.91 Å². The number of nitrogens with zero attached hydrogens (tertiary/aromatic N) is 2. The lowest BCUT2D eigenvalue weighted by molar-refractivity contribution is -0.133. The molecule has 2 aromatic carbocycles. The second kappa shape index (κ2) is 10.5. The number of guanidine groups is 1. The van der Waals surface area contributed by atoms with Gasteiger partial charge in [0.15, 0.2) is 5.96 Å². The number of amides is 2. The van der Waals surface area contributed by atoms with E-state index in [1.807, 2.05) is 0 Å². The highest BCUT2D eigenvalue weighted by Crippen LogP contribution is 2.43. The van der Waals surface area contributed by atoms with Gasteiger partial charge < -0.3 is 25.6 Å². The molecule has 5 atom stereocenters. The number of nitrogens with one attached hydrogen (secondary N) is 1. The van der Waals surface area contributed by atoms with Crippen molar-refractivity contribution in [2.45, 2.75) is 75.6 Å². The van der Waals surface area contributed by atoms with E-state index in [2.05, 4.69) is 30.4 Å². The van der Waals surface area contributed by atoms with Gasteiger partial charge in [0.1, 0.15) is 5.75 Å². The number of hydrogen-bond acceptors (Lipinski definition) is 7. The summed E-state index contributed by atoms with van der Waals surface area (Å²) in [5.74, 6) is 0.249. The maximum Gasteiger partial charge on any atom is 0.251 e. The van der Waals surface area contributed by atoms with Crippen LogP contribution >= 0.6 is 0 Å². The smallest absolute Gasteiger partial charge is 0.251 e. The summed E-state index contributed by atoms with van der Waals surface area (Å²) in [7, 11) is 1.62. The zero-order valence-electron chi connectivity index (χ0n) is 23.2. The first kappa shape index (κ1) is 26.8. The number of fused-ring (bicyclic) bond motifs is 5. The van der Waals surface area contributed by atoms with Crippen molar-refractivity contribution in [3.8, 4) is 5.75 Å². The number of aliphatic hydroxyl groups excluding tert-OH is 1. The van der Waals surface area contributed by atoms with Gasteiger partial charge in [-0.15, -0.1) is 0 Å². The lowest BCUT2D eigenvalue weighted by atomic mass is 9.83. The molecule has 9 nitrogen and oxygen atoms in total. The Bertz CT molecular complexity index is 1360. The SMILES string of the molecule is CC[C@@]12CCCCc3ccc4c(c3)[C@@H](NC(=O)c3ccc5c(c3)[C@@H]([C@H](COC)CO5)N(C(=O)C1)C(N)=N2)[C@H](O)C4. The first-order valence-electron chi connectivity index (χ1n) is 14.4. The minimum absolute atomic E-state index is 0.0708. The number of nitrogens with two attached hydrogens (primary N) is 1. The monoisotopic (exact) mass is 546 g/mol. The van der Waals surface area contributed by atoms with Gasteiger partial charge in [-0.05, 0) is 60.6 Å². The van der Waals surface area contributed by atoms with Gasteiger partial charge in [-0.25, -0.2) is 4.99 Å². The van der Waals surface area contributed by atoms with E-state index in [9.17, 15) is 14.7 Å². The standard InChI is InChI=1S/C31H38N4O5/c1-3-31-11-5-4-6-18-7-8-19-14-24(36)27(22(19)12-18)33-29(38)20-9-10-25-23(13-20)28(21(16-39-2)17-40-25)35(26(37)15-31)30(32)34-31/h7-10,12-13,21,24,27-28,36H,3-6,11,14-17H2,1-2H3,(H2,32,34)(H,33,38)/t21-,24-,27-,28-,31-/m1/s1. The number of methoxy groups -OCH3 is 1. The Morgan fingerprint density at radius 2 is 2.05 bits per heavy atom. The molecule has 9 heteroatoms. The zero-order chi connectivity index (χ0) is 28.0. The summed E-state index contributed by atoms with van der Waals surface area (Å²) in [6, 6.07) is 10.6. The third-order valence-corrected chi connectivity index (χ3v) is 9.16. The molecular formula is C31H38N4O5. The van der Waals surface area contributed by atoms with E-state index in [0.717, 1.165) is 43.2 Å². The van der Waals surface area contributed by atoms with Gasteiger partial charge in [0.05, 0.1) is 43.4 Å². The largest absolute Gasteiger partial charge is 0.493 e. The molecule has 2 amide bonds. The molecule has 4 aliphatic heterocycles. The van der Waals surface area contributed by atoms with E-state index in [1.165, 1.54) is 5.56 Å². The van der Waals surface area contributed by atoms with Crippen molar-refractivity contribution in [3.05, 3.63) is 64.2 Å². The molecule has 0 spiro atoms. The Balaban J connectivity index is 1.46. The van der Waals surface area contributed by atoms with E-state index < -0.39 is 23.7 Å². The molecule has 1 aliphatic carbocycles. The first-order valence-corrected chi connectivity index (χ1v) is 14.4. The lowest BCUT2D eigenvalue weighted by Gasteiger charge is -2.44. The van der Waals surface area contributed by atoms with Crippen LogP contribution in [0.5, 0.6) is 5.75 Å². The third kappa shape index (κ3) is 4.65. The quantitative estimate of drug-likeness (QED) is 0.543. The van der Waals surface area contributed by atoms with E-state index in [-0.39, 0.29) is 30.1 Å². The van der Waals surface area contributed by atoms with Gasteiger partial charge in [0.25, 0.3) is 5.91 Å². The topological polar surface area (TPSA) is 126 Å². The number of benzene rings is 2. The summed E-state index contributed by atoms with van der Waals surface area (Å²) in [5, 5.41) is 14.0. The second-order valence-corrected chi connectivity index (χ2v) is 11.7. The molecular weight excluding hydrogens is 508 g/mol. The fourth-order valence-electron chi connectivity index (χ4n) is 6.96. The molecule has 4 heterocycles. The van der Waals surface area contributed by atoms with Crippen LogP contribution in [0.1, 0.15) is 83.7 Å². The number of carbonyl (C=O) groups excluding carboxylic acids is 2. The molecule has 212 valence electrons. The number of aliphatic hydroxyl groups is 1. The first-order chi connectivity index (χ1) is 19.3. The average Bonchev–Trinajstić information content (AvgIpc) is 3.25. The van der Waals surface area contributed by atoms with Crippen molar-refractivity contribution in [1.29, 1.82) is 0 Å². The van der Waals surface area contributed by atoms with Crippen molar-refractivity contribution in [2.24, 2.45) is 16.6 Å². The summed E-state index contributed by atoms with van der Waals surface area (Å²) < 4.78 is 11.6. The van der Waals surface area contributed by atoms with Gasteiger partial charge in [0, 0.05) is 30.6 Å². The maximum atomic E-state index is 13.9. The fraction of sp³-hybridized carbons (Fsp3) is 0.516. The molecule has 40 heavy (non-hydrogen) atoms. The van der Waals surface area contributed by atoms with Gasteiger partial charge in [-0.2, -0.15) is 0 Å². The van der Waals surface area contributed by atoms with Crippen molar-refractivity contribution >= 4 is 17.8 Å². The highest BCUT2D eigenvalue weighted by atomic mass is 16.5. The Kier molecular flexibility index (Phi) is 7.04. The molecule has 4 N–H and O–H groups in total. The molecule has 5 aliphatic rings. The summed E-state index contributed by atoms with van der Waals surface area (Å²) in [6.07, 6.45) is 4.32. The van der Waals surface area contributed by atoms with Crippen LogP contribution in [0.3, 0.4) is 0 Å². The van der Waals surface area contributed by atoms with Crippen LogP contribution < -0.4 is 15.8 Å². The van der Waals surface area contributed by atoms with Crippen LogP contribution in [0, 0.1) is 5.92 Å². The lowest BCUT2D eigenvalue weighted by Crippen LogP contribution is -2.55. The van der Waals surface area contributed by atoms with E-state index in [0.29, 0.717) is 36.5 Å². The van der Waals surface area contributed by atoms with Crippen molar-refractivity contribution in [1.82, 2.24) is 10.2 Å². The minimum Gasteiger partial charge on any atom is -0.493 e. The average molecular weight is 547 g/mol. The van der Waals surface area contributed by atoms with Gasteiger partial charge in [-0.3, -0.25) is 14.5 Å². The number of rotatable bonds is 3. The number of ether oxygens (including phenoxy) is 2. The maximum absolute atomic E-state index is 13.9. The highest BCUT2D eigenvalue weighted by molar-refractivity contribution is 6.00. The summed E-state index contributed by atoms with van der Waals surface area (Å²) in [5.41, 5.74) is 10.4. The van der Waals surface area contributed by atoms with Crippen LogP contribution in [0.4, 0.5) is 0 Å². The predicted molar refractivity (Wildman–Crippen MR) is 150 cm³/mol. The van der Waals surface area contributed by atoms with Gasteiger partial charge in [-0.1, -0.05) is 31.5 Å². The summed E-state index contributed by atoms with van der Waals surface area (Å²) >= 11 is 0. The number of carbonyl (C=O) groups is 2. The van der Waals surface area contributed by atoms with Crippen LogP contribution in [-0.2, 0) is 22.4 Å². The second-order valence-electron chi connectivity index (χ2n) is 11.7. The molecule has 0 fully saturated rings. The Morgan fingerprint density at radius 1 is 1.20 bits per heavy atom. The highest BCUT2D eigenvalue weighted by Gasteiger charge is 2.45. The van der Waals surface area contributed by atoms with Crippen LogP contribution in [0.25, 0.3) is 0 Å². The molecule has 0 saturated carbocycles. The van der Waals surface area contributed by atoms with Crippen LogP contribution in [0.2, 0.25) is 0 Å². The number of hydrogen-bond donors (Lipinski definition) is 3. The fourth-order valence-corrected chi connectivity index (χ4v) is 6.96. The molecule has 0 saturated heterocycles. The summed E-state index contributed by atoms with van der Waals surface area (Å²) in [6.45, 7) is 2.77. The molecule has 6 bridgehead atoms. The minimum atomic E-state index is -0.695. The van der Waals surface area contributed by atoms with E-state index >= 15 is 0 Å². The Labute approximate surface area is 234 Å². The molecule has 7 rings (SSSR count). The Hall–Kier alpha value is -3.43. The molecule has 0 radical (unpaired) electrons. The molecule has 2 aromatic rings. The Morgan fingerprint density at radius 3 is 2.83 bits per heavy atom. The van der Waals surface area contributed by atoms with Crippen molar-refractivity contribution in [2.75, 3.05) is 20.3 Å². The molecule has 0 unspecified atom stereocenters. The third-order valence-electron chi connectivity index (χ3n) is 9.16. The number of aliphatic imine (C=N–C) groups is 1. The van der Waals surface area contributed by atoms with Crippen LogP contribution in [-0.4, -0.2) is 59.7 Å². The van der Waals surface area contributed by atoms with Crippen molar-refractivity contribution < 1.29 is 24.2 Å². The number of aryl methyl sites for hydroxylation is 1. The van der Waals surface area contributed by atoms with Gasteiger partial charge >= 0.3 is 0 Å². The van der Waals surface area contributed by atoms with E-state index in [1.54, 1.807) is 30.2 Å². The normalized spacial score (nSPS) is 29.8. The zero-order valence-corrected chi connectivity index (χ0v) is 23.2. The molecule has 0 aromatic heterocycles. The van der Waals surface area contributed by atoms with E-state index in [4.69, 9.17) is 20.2 Å². The predicted octanol–water partition coefficient (Wildman–Crippen LogP) is 3.19. The van der Waals surface area contributed by atoms with Crippen LogP contribution in [0.15, 0.2) is 41.4 Å². The summed E-state index contributed by atoms with van der Waals surface area (Å²) in [4.78, 5) is 34.0.